The minimum atomic E-state index is -0.315. The molecule has 2 nitrogen and oxygen atoms in total. The zero-order chi connectivity index (χ0) is 9.97. The summed E-state index contributed by atoms with van der Waals surface area (Å²) in [5.41, 5.74) is 2.88. The van der Waals surface area contributed by atoms with Crippen molar-refractivity contribution < 1.29 is 5.02 Å². The topological polar surface area (TPSA) is 23.5 Å². The van der Waals surface area contributed by atoms with Crippen molar-refractivity contribution in [1.29, 1.82) is 0 Å². The fraction of sp³-hybridized carbons (Fsp3) is 0.455. The van der Waals surface area contributed by atoms with Crippen molar-refractivity contribution in [2.75, 3.05) is 13.1 Å². The van der Waals surface area contributed by atoms with Gasteiger partial charge in [0.25, 0.3) is 0 Å². The maximum Gasteiger partial charge on any atom is 0.376 e. The molecule has 0 unspecified atom stereocenters. The molecule has 0 spiro atoms. The van der Waals surface area contributed by atoms with Crippen molar-refractivity contribution in [3.05, 3.63) is 35.4 Å². The van der Waals surface area contributed by atoms with Crippen LogP contribution in [0.4, 0.5) is 0 Å². The molecule has 0 bridgehead atoms. The number of fused-ring (bicyclic) bond motifs is 1. The molecular formula is C11H16BNO. The van der Waals surface area contributed by atoms with Crippen LogP contribution in [-0.2, 0) is 12.8 Å². The molecule has 1 aromatic carbocycles. The molecule has 14 heavy (non-hydrogen) atoms. The lowest BCUT2D eigenvalue weighted by molar-refractivity contribution is 0.379. The van der Waals surface area contributed by atoms with E-state index in [2.05, 4.69) is 29.1 Å². The second kappa shape index (κ2) is 4.15. The Morgan fingerprint density at radius 1 is 1.14 bits per heavy atom. The van der Waals surface area contributed by atoms with E-state index in [4.69, 9.17) is 0 Å². The normalized spacial score (nSPS) is 17.3. The Balaban J connectivity index is 2.14. The lowest BCUT2D eigenvalue weighted by Gasteiger charge is -2.19. The molecule has 0 fully saturated rings. The average molecular weight is 189 g/mol. The molecule has 1 N–H and O–H groups in total. The molecule has 0 saturated heterocycles. The molecule has 0 aromatic heterocycles. The SMILES string of the molecule is CB(O)N1CCc2ccccc2CC1. The Morgan fingerprint density at radius 3 is 2.07 bits per heavy atom. The molecule has 0 aliphatic carbocycles. The minimum absolute atomic E-state index is 0.315. The van der Waals surface area contributed by atoms with E-state index in [9.17, 15) is 5.02 Å². The summed E-state index contributed by atoms with van der Waals surface area (Å²) in [5.74, 6) is 0. The molecule has 3 heteroatoms. The first-order chi connectivity index (χ1) is 6.77. The highest BCUT2D eigenvalue weighted by atomic mass is 16.2. The van der Waals surface area contributed by atoms with Gasteiger partial charge < -0.3 is 9.83 Å². The predicted octanol–water partition coefficient (Wildman–Crippen LogP) is 1.20. The van der Waals surface area contributed by atoms with E-state index in [0.717, 1.165) is 25.9 Å². The van der Waals surface area contributed by atoms with Crippen molar-refractivity contribution in [3.63, 3.8) is 0 Å². The summed E-state index contributed by atoms with van der Waals surface area (Å²) in [6.45, 7) is 3.78. The number of nitrogens with zero attached hydrogens (tertiary/aromatic N) is 1. The zero-order valence-electron chi connectivity index (χ0n) is 8.61. The van der Waals surface area contributed by atoms with E-state index < -0.39 is 0 Å². The third kappa shape index (κ3) is 1.99. The summed E-state index contributed by atoms with van der Waals surface area (Å²) >= 11 is 0. The first-order valence-corrected chi connectivity index (χ1v) is 5.26. The van der Waals surface area contributed by atoms with Gasteiger partial charge in [-0.1, -0.05) is 24.3 Å². The number of rotatable bonds is 1. The molecule has 0 saturated carbocycles. The highest BCUT2D eigenvalue weighted by Crippen LogP contribution is 2.15. The Hall–Kier alpha value is -0.795. The standard InChI is InChI=1S/C11H16BNO/c1-12(14)13-8-6-10-4-2-3-5-11(10)7-9-13/h2-5,14H,6-9H2,1H3. The molecular weight excluding hydrogens is 173 g/mol. The van der Waals surface area contributed by atoms with Crippen LogP contribution >= 0.6 is 0 Å². The van der Waals surface area contributed by atoms with Crippen LogP contribution < -0.4 is 0 Å². The minimum Gasteiger partial charge on any atom is -0.437 e. The zero-order valence-corrected chi connectivity index (χ0v) is 8.61. The smallest absolute Gasteiger partial charge is 0.376 e. The maximum atomic E-state index is 9.51. The summed E-state index contributed by atoms with van der Waals surface area (Å²) < 4.78 is 0. The Labute approximate surface area is 85.7 Å². The Bertz CT molecular complexity index is 287. The highest BCUT2D eigenvalue weighted by Gasteiger charge is 2.19. The monoisotopic (exact) mass is 189 g/mol. The van der Waals surface area contributed by atoms with Gasteiger partial charge in [0.1, 0.15) is 0 Å². The summed E-state index contributed by atoms with van der Waals surface area (Å²) in [5, 5.41) is 9.51. The van der Waals surface area contributed by atoms with Crippen molar-refractivity contribution in [3.8, 4) is 0 Å². The molecule has 74 valence electrons. The van der Waals surface area contributed by atoms with E-state index >= 15 is 0 Å². The average Bonchev–Trinajstić information content (AvgIpc) is 2.39. The Morgan fingerprint density at radius 2 is 1.64 bits per heavy atom. The molecule has 1 aromatic rings. The predicted molar refractivity (Wildman–Crippen MR) is 59.3 cm³/mol. The second-order valence-electron chi connectivity index (χ2n) is 3.94. The molecule has 1 heterocycles. The lowest BCUT2D eigenvalue weighted by Crippen LogP contribution is -2.38. The van der Waals surface area contributed by atoms with E-state index in [0.29, 0.717) is 0 Å². The van der Waals surface area contributed by atoms with Crippen molar-refractivity contribution in [2.45, 2.75) is 19.7 Å². The van der Waals surface area contributed by atoms with Gasteiger partial charge in [-0.2, -0.15) is 0 Å². The summed E-state index contributed by atoms with van der Waals surface area (Å²) in [6.07, 6.45) is 2.11. The van der Waals surface area contributed by atoms with Crippen LogP contribution in [0.2, 0.25) is 6.82 Å². The molecule has 0 amide bonds. The fourth-order valence-electron chi connectivity index (χ4n) is 2.06. The van der Waals surface area contributed by atoms with Gasteiger partial charge in [-0.15, -0.1) is 0 Å². The van der Waals surface area contributed by atoms with Gasteiger partial charge in [-0.25, -0.2) is 0 Å². The van der Waals surface area contributed by atoms with Gasteiger partial charge in [0.05, 0.1) is 0 Å². The lowest BCUT2D eigenvalue weighted by atomic mass is 9.85. The molecule has 1 aliphatic rings. The quantitative estimate of drug-likeness (QED) is 0.671. The van der Waals surface area contributed by atoms with Crippen LogP contribution in [0.25, 0.3) is 0 Å². The van der Waals surface area contributed by atoms with Gasteiger partial charge in [0.2, 0.25) is 0 Å². The van der Waals surface area contributed by atoms with E-state index in [1.807, 2.05) is 6.82 Å². The van der Waals surface area contributed by atoms with Crippen molar-refractivity contribution in [1.82, 2.24) is 4.81 Å². The molecule has 0 atom stereocenters. The molecule has 0 radical (unpaired) electrons. The van der Waals surface area contributed by atoms with E-state index in [1.54, 1.807) is 0 Å². The van der Waals surface area contributed by atoms with Crippen LogP contribution in [-0.4, -0.2) is 30.0 Å². The maximum absolute atomic E-state index is 9.51. The third-order valence-corrected chi connectivity index (χ3v) is 2.98. The number of hydrogen-bond acceptors (Lipinski definition) is 2. The third-order valence-electron chi connectivity index (χ3n) is 2.98. The van der Waals surface area contributed by atoms with E-state index in [-0.39, 0.29) is 7.05 Å². The van der Waals surface area contributed by atoms with Crippen molar-refractivity contribution >= 4 is 7.05 Å². The van der Waals surface area contributed by atoms with Gasteiger partial charge >= 0.3 is 7.05 Å². The molecule has 1 aliphatic heterocycles. The van der Waals surface area contributed by atoms with Gasteiger partial charge in [-0.3, -0.25) is 0 Å². The Kier molecular flexibility index (Phi) is 2.89. The first kappa shape index (κ1) is 9.75. The summed E-state index contributed by atoms with van der Waals surface area (Å²) in [7, 11) is -0.315. The van der Waals surface area contributed by atoms with Crippen LogP contribution in [0.3, 0.4) is 0 Å². The summed E-state index contributed by atoms with van der Waals surface area (Å²) in [4.78, 5) is 2.12. The van der Waals surface area contributed by atoms with Crippen molar-refractivity contribution in [2.24, 2.45) is 0 Å². The van der Waals surface area contributed by atoms with Gasteiger partial charge in [-0.05, 0) is 43.9 Å². The van der Waals surface area contributed by atoms with Crippen LogP contribution in [0.15, 0.2) is 24.3 Å². The summed E-state index contributed by atoms with van der Waals surface area (Å²) in [6, 6.07) is 8.58. The largest absolute Gasteiger partial charge is 0.437 e. The number of hydrogen-bond donors (Lipinski definition) is 1. The fourth-order valence-corrected chi connectivity index (χ4v) is 2.06. The van der Waals surface area contributed by atoms with Gasteiger partial charge in [0, 0.05) is 0 Å². The van der Waals surface area contributed by atoms with Gasteiger partial charge in [0.15, 0.2) is 0 Å². The first-order valence-electron chi connectivity index (χ1n) is 5.26. The van der Waals surface area contributed by atoms with Crippen LogP contribution in [0, 0.1) is 0 Å². The van der Waals surface area contributed by atoms with E-state index in [1.165, 1.54) is 11.1 Å². The van der Waals surface area contributed by atoms with Crippen LogP contribution in [0.5, 0.6) is 0 Å². The van der Waals surface area contributed by atoms with Crippen LogP contribution in [0.1, 0.15) is 11.1 Å². The highest BCUT2D eigenvalue weighted by molar-refractivity contribution is 6.45. The second-order valence-corrected chi connectivity index (χ2v) is 3.94. The molecule has 2 rings (SSSR count). The number of benzene rings is 1.